The van der Waals surface area contributed by atoms with Crippen molar-refractivity contribution < 1.29 is 18.9 Å². The molecule has 1 aliphatic heterocycles. The first-order valence-electron chi connectivity index (χ1n) is 10.1. The van der Waals surface area contributed by atoms with E-state index in [0.29, 0.717) is 12.5 Å². The zero-order valence-corrected chi connectivity index (χ0v) is 17.5. The summed E-state index contributed by atoms with van der Waals surface area (Å²) >= 11 is 0. The van der Waals surface area contributed by atoms with E-state index in [1.165, 1.54) is 0 Å². The topological polar surface area (TPSA) is 64.6 Å². The molecule has 1 fully saturated rings. The van der Waals surface area contributed by atoms with Crippen LogP contribution in [0.4, 0.5) is 0 Å². The Labute approximate surface area is 169 Å². The average molecular weight is 394 g/mol. The van der Waals surface area contributed by atoms with Crippen LogP contribution in [0.1, 0.15) is 19.8 Å². The average Bonchev–Trinajstić information content (AvgIpc) is 3.23. The number of aliphatic imine (C=N–C) groups is 1. The summed E-state index contributed by atoms with van der Waals surface area (Å²) < 4.78 is 22.1. The Morgan fingerprint density at radius 1 is 1.25 bits per heavy atom. The van der Waals surface area contributed by atoms with Gasteiger partial charge in [-0.15, -0.1) is 0 Å². The monoisotopic (exact) mass is 393 g/mol. The molecule has 1 aromatic rings. The fourth-order valence-corrected chi connectivity index (χ4v) is 2.86. The van der Waals surface area contributed by atoms with Gasteiger partial charge in [-0.3, -0.25) is 4.99 Å². The number of benzene rings is 1. The van der Waals surface area contributed by atoms with Crippen LogP contribution in [0.15, 0.2) is 29.3 Å². The van der Waals surface area contributed by atoms with Crippen molar-refractivity contribution >= 4 is 5.96 Å². The lowest BCUT2D eigenvalue weighted by Gasteiger charge is -2.22. The molecule has 1 aromatic carbocycles. The van der Waals surface area contributed by atoms with Crippen molar-refractivity contribution in [2.45, 2.75) is 19.8 Å². The van der Waals surface area contributed by atoms with E-state index in [1.54, 1.807) is 7.11 Å². The molecule has 2 rings (SSSR count). The van der Waals surface area contributed by atoms with Crippen LogP contribution >= 0.6 is 0 Å². The lowest BCUT2D eigenvalue weighted by molar-refractivity contribution is 0.0893. The Morgan fingerprint density at radius 2 is 2.04 bits per heavy atom. The van der Waals surface area contributed by atoms with Crippen molar-refractivity contribution in [3.05, 3.63) is 24.3 Å². The van der Waals surface area contributed by atoms with Crippen LogP contribution in [0.5, 0.6) is 11.5 Å². The van der Waals surface area contributed by atoms with Crippen LogP contribution in [-0.2, 0) is 9.47 Å². The maximum Gasteiger partial charge on any atom is 0.193 e. The maximum absolute atomic E-state index is 5.80. The van der Waals surface area contributed by atoms with E-state index in [2.05, 4.69) is 22.1 Å². The smallest absolute Gasteiger partial charge is 0.193 e. The molecule has 158 valence electrons. The highest BCUT2D eigenvalue weighted by Gasteiger charge is 2.15. The van der Waals surface area contributed by atoms with E-state index < -0.39 is 0 Å². The molecule has 0 aliphatic carbocycles. The van der Waals surface area contributed by atoms with Gasteiger partial charge in [0.2, 0.25) is 0 Å². The molecule has 0 radical (unpaired) electrons. The highest BCUT2D eigenvalue weighted by Crippen LogP contribution is 2.16. The van der Waals surface area contributed by atoms with E-state index in [9.17, 15) is 0 Å². The Balaban J connectivity index is 1.64. The van der Waals surface area contributed by atoms with Gasteiger partial charge in [0.05, 0.1) is 26.9 Å². The molecule has 7 nitrogen and oxygen atoms in total. The van der Waals surface area contributed by atoms with Gasteiger partial charge in [-0.1, -0.05) is 0 Å². The van der Waals surface area contributed by atoms with Crippen molar-refractivity contribution in [1.82, 2.24) is 10.2 Å². The van der Waals surface area contributed by atoms with E-state index >= 15 is 0 Å². The highest BCUT2D eigenvalue weighted by molar-refractivity contribution is 5.79. The number of likely N-dealkylation sites (N-methyl/N-ethyl adjacent to an activating group) is 1. The van der Waals surface area contributed by atoms with Crippen LogP contribution in [0.2, 0.25) is 0 Å². The number of ether oxygens (including phenoxy) is 4. The van der Waals surface area contributed by atoms with Crippen LogP contribution < -0.4 is 14.8 Å². The number of rotatable bonds is 12. The number of nitrogens with zero attached hydrogens (tertiary/aromatic N) is 2. The van der Waals surface area contributed by atoms with Gasteiger partial charge in [-0.05, 0) is 44.0 Å². The summed E-state index contributed by atoms with van der Waals surface area (Å²) in [6.07, 6.45) is 2.03. The van der Waals surface area contributed by atoms with Gasteiger partial charge in [0, 0.05) is 39.3 Å². The van der Waals surface area contributed by atoms with Crippen LogP contribution in [0.25, 0.3) is 0 Å². The molecular weight excluding hydrogens is 358 g/mol. The summed E-state index contributed by atoms with van der Waals surface area (Å²) in [5.41, 5.74) is 0. The van der Waals surface area contributed by atoms with E-state index in [4.69, 9.17) is 18.9 Å². The largest absolute Gasteiger partial charge is 0.497 e. The Kier molecular flexibility index (Phi) is 10.5. The van der Waals surface area contributed by atoms with Crippen LogP contribution in [0, 0.1) is 5.92 Å². The maximum atomic E-state index is 5.80. The van der Waals surface area contributed by atoms with Gasteiger partial charge < -0.3 is 29.2 Å². The molecule has 0 aromatic heterocycles. The van der Waals surface area contributed by atoms with Crippen LogP contribution in [0.3, 0.4) is 0 Å². The zero-order valence-electron chi connectivity index (χ0n) is 17.5. The predicted octanol–water partition coefficient (Wildman–Crippen LogP) is 2.41. The first-order chi connectivity index (χ1) is 13.7. The summed E-state index contributed by atoms with van der Waals surface area (Å²) in [7, 11) is 3.68. The Morgan fingerprint density at radius 3 is 2.71 bits per heavy atom. The third kappa shape index (κ3) is 8.35. The molecule has 1 atom stereocenters. The quantitative estimate of drug-likeness (QED) is 0.334. The fraction of sp³-hybridized carbons (Fsp3) is 0.667. The predicted molar refractivity (Wildman–Crippen MR) is 111 cm³/mol. The van der Waals surface area contributed by atoms with Crippen molar-refractivity contribution in [3.63, 3.8) is 0 Å². The van der Waals surface area contributed by atoms with Gasteiger partial charge in [-0.2, -0.15) is 0 Å². The summed E-state index contributed by atoms with van der Waals surface area (Å²) in [6.45, 7) is 8.23. The summed E-state index contributed by atoms with van der Waals surface area (Å²) in [5, 5.41) is 3.33. The molecule has 1 N–H and O–H groups in total. The standard InChI is InChI=1S/C21H35N3O4/c1-4-22-21(23-11-5-13-26-16-18-10-14-27-17-18)24(2)12-15-28-20-8-6-19(25-3)7-9-20/h6-9,18H,4-5,10-17H2,1-3H3,(H,22,23). The molecule has 1 saturated heterocycles. The third-order valence-corrected chi connectivity index (χ3v) is 4.54. The second kappa shape index (κ2) is 13.2. The summed E-state index contributed by atoms with van der Waals surface area (Å²) in [6, 6.07) is 7.62. The molecule has 0 saturated carbocycles. The second-order valence-corrected chi connectivity index (χ2v) is 6.84. The fourth-order valence-electron chi connectivity index (χ4n) is 2.86. The van der Waals surface area contributed by atoms with Crippen LogP contribution in [-0.4, -0.2) is 77.7 Å². The lowest BCUT2D eigenvalue weighted by Crippen LogP contribution is -2.41. The SMILES string of the molecule is CCNC(=NCCCOCC1CCOC1)N(C)CCOc1ccc(OC)cc1. The molecule has 1 heterocycles. The van der Waals surface area contributed by atoms with E-state index in [0.717, 1.165) is 76.4 Å². The molecular formula is C21H35N3O4. The highest BCUT2D eigenvalue weighted by atomic mass is 16.5. The zero-order chi connectivity index (χ0) is 20.0. The molecule has 28 heavy (non-hydrogen) atoms. The Bertz CT molecular complexity index is 559. The van der Waals surface area contributed by atoms with Crippen molar-refractivity contribution in [2.75, 3.05) is 66.8 Å². The Hall–Kier alpha value is -1.99. The first-order valence-corrected chi connectivity index (χ1v) is 10.1. The van der Waals surface area contributed by atoms with E-state index in [1.807, 2.05) is 31.3 Å². The van der Waals surface area contributed by atoms with Gasteiger partial charge in [0.15, 0.2) is 5.96 Å². The minimum absolute atomic E-state index is 0.567. The number of guanidine groups is 1. The minimum Gasteiger partial charge on any atom is -0.497 e. The molecule has 1 unspecified atom stereocenters. The molecule has 0 amide bonds. The summed E-state index contributed by atoms with van der Waals surface area (Å²) in [5.74, 6) is 3.12. The number of methoxy groups -OCH3 is 1. The first kappa shape index (κ1) is 22.3. The molecule has 1 aliphatic rings. The molecule has 0 spiro atoms. The third-order valence-electron chi connectivity index (χ3n) is 4.54. The van der Waals surface area contributed by atoms with Gasteiger partial charge in [0.25, 0.3) is 0 Å². The lowest BCUT2D eigenvalue weighted by atomic mass is 10.1. The number of hydrogen-bond donors (Lipinski definition) is 1. The van der Waals surface area contributed by atoms with Crippen molar-refractivity contribution in [2.24, 2.45) is 10.9 Å². The second-order valence-electron chi connectivity index (χ2n) is 6.84. The van der Waals surface area contributed by atoms with Gasteiger partial charge in [-0.25, -0.2) is 0 Å². The number of hydrogen-bond acceptors (Lipinski definition) is 5. The van der Waals surface area contributed by atoms with Crippen molar-refractivity contribution in [3.8, 4) is 11.5 Å². The number of nitrogens with one attached hydrogen (secondary N) is 1. The van der Waals surface area contributed by atoms with Crippen molar-refractivity contribution in [1.29, 1.82) is 0 Å². The normalized spacial score (nSPS) is 16.8. The van der Waals surface area contributed by atoms with Gasteiger partial charge >= 0.3 is 0 Å². The molecule has 7 heteroatoms. The molecule has 0 bridgehead atoms. The summed E-state index contributed by atoms with van der Waals surface area (Å²) in [4.78, 5) is 6.77. The van der Waals surface area contributed by atoms with Gasteiger partial charge in [0.1, 0.15) is 18.1 Å². The minimum atomic E-state index is 0.567. The van der Waals surface area contributed by atoms with E-state index in [-0.39, 0.29) is 0 Å².